The van der Waals surface area contributed by atoms with Gasteiger partial charge < -0.3 is 59.8 Å². The minimum atomic E-state index is -2.34. The number of benzene rings is 1. The van der Waals surface area contributed by atoms with Crippen molar-refractivity contribution in [1.82, 2.24) is 0 Å². The van der Waals surface area contributed by atoms with Crippen LogP contribution in [0, 0.1) is 0 Å². The van der Waals surface area contributed by atoms with Crippen LogP contribution in [-0.4, -0.2) is 121 Å². The number of carbonyl (C=O) groups excluding carboxylic acids is 1. The summed E-state index contributed by atoms with van der Waals surface area (Å²) in [4.78, 5) is 12.1. The number of aromatic hydroxyl groups is 1. The highest BCUT2D eigenvalue weighted by molar-refractivity contribution is 5.89. The molecule has 0 aliphatic carbocycles. The number of aliphatic hydroxyl groups excluding tert-OH is 7. The van der Waals surface area contributed by atoms with Gasteiger partial charge in [0.25, 0.3) is 0 Å². The Kier molecular flexibility index (Phi) is 7.67. The summed E-state index contributed by atoms with van der Waals surface area (Å²) in [6.45, 7) is -2.33. The lowest BCUT2D eigenvalue weighted by Gasteiger charge is -2.43. The van der Waals surface area contributed by atoms with Crippen LogP contribution in [0.2, 0.25) is 0 Å². The van der Waals surface area contributed by atoms with E-state index in [4.69, 9.17) is 18.9 Å². The lowest BCUT2D eigenvalue weighted by molar-refractivity contribution is -0.383. The number of rotatable bonds is 7. The van der Waals surface area contributed by atoms with Gasteiger partial charge in [0.05, 0.1) is 12.2 Å². The molecule has 0 aromatic heterocycles. The van der Waals surface area contributed by atoms with Crippen molar-refractivity contribution in [2.75, 3.05) is 19.8 Å². The Morgan fingerprint density at radius 2 is 1.59 bits per heavy atom. The van der Waals surface area contributed by atoms with Gasteiger partial charge in [-0.25, -0.2) is 4.79 Å². The molecule has 0 bridgehead atoms. The monoisotopic (exact) mass is 462 g/mol. The van der Waals surface area contributed by atoms with E-state index in [0.29, 0.717) is 0 Å². The first-order chi connectivity index (χ1) is 15.1. The van der Waals surface area contributed by atoms with Crippen LogP contribution >= 0.6 is 0 Å². The van der Waals surface area contributed by atoms with Crippen molar-refractivity contribution >= 4 is 5.97 Å². The second kappa shape index (κ2) is 9.93. The van der Waals surface area contributed by atoms with Crippen molar-refractivity contribution in [3.8, 4) is 5.75 Å². The molecule has 180 valence electrons. The number of hydrogen-bond donors (Lipinski definition) is 8. The zero-order valence-electron chi connectivity index (χ0n) is 16.7. The largest absolute Gasteiger partial charge is 0.508 e. The summed E-state index contributed by atoms with van der Waals surface area (Å²) in [6, 6.07) is 5.15. The first-order valence-corrected chi connectivity index (χ1v) is 9.73. The molecule has 2 aliphatic heterocycles. The molecule has 3 rings (SSSR count). The zero-order valence-corrected chi connectivity index (χ0v) is 16.7. The van der Waals surface area contributed by atoms with Gasteiger partial charge in [-0.1, -0.05) is 0 Å². The van der Waals surface area contributed by atoms with Crippen LogP contribution in [0.25, 0.3) is 0 Å². The zero-order chi connectivity index (χ0) is 23.6. The molecule has 13 nitrogen and oxygen atoms in total. The predicted octanol–water partition coefficient (Wildman–Crippen LogP) is -3.83. The summed E-state index contributed by atoms with van der Waals surface area (Å²) in [5, 5.41) is 78.9. The van der Waals surface area contributed by atoms with Crippen molar-refractivity contribution in [3.05, 3.63) is 29.8 Å². The maximum atomic E-state index is 12.1. The summed E-state index contributed by atoms with van der Waals surface area (Å²) in [5.41, 5.74) is 0.0989. The van der Waals surface area contributed by atoms with Crippen LogP contribution in [0.3, 0.4) is 0 Å². The smallest absolute Gasteiger partial charge is 0.338 e. The highest BCUT2D eigenvalue weighted by Gasteiger charge is 2.58. The highest BCUT2D eigenvalue weighted by atomic mass is 16.8. The summed E-state index contributed by atoms with van der Waals surface area (Å²) in [7, 11) is 0. The van der Waals surface area contributed by atoms with E-state index in [2.05, 4.69) is 0 Å². The van der Waals surface area contributed by atoms with Crippen molar-refractivity contribution in [1.29, 1.82) is 0 Å². The number of carbonyl (C=O) groups is 1. The van der Waals surface area contributed by atoms with Crippen molar-refractivity contribution in [2.24, 2.45) is 0 Å². The van der Waals surface area contributed by atoms with Gasteiger partial charge in [-0.3, -0.25) is 0 Å². The van der Waals surface area contributed by atoms with E-state index >= 15 is 0 Å². The van der Waals surface area contributed by atoms with Gasteiger partial charge in [0.15, 0.2) is 6.29 Å². The second-order valence-electron chi connectivity index (χ2n) is 7.52. The quantitative estimate of drug-likeness (QED) is 0.183. The fraction of sp³-hybridized carbons (Fsp3) is 0.632. The van der Waals surface area contributed by atoms with E-state index in [1.807, 2.05) is 0 Å². The van der Waals surface area contributed by atoms with Crippen molar-refractivity contribution in [2.45, 2.75) is 54.8 Å². The van der Waals surface area contributed by atoms with Gasteiger partial charge in [-0.05, 0) is 24.3 Å². The van der Waals surface area contributed by atoms with Gasteiger partial charge in [-0.15, -0.1) is 0 Å². The molecule has 8 N–H and O–H groups in total. The lowest BCUT2D eigenvalue weighted by Crippen LogP contribution is -2.62. The summed E-state index contributed by atoms with van der Waals surface area (Å²) in [5.74, 6) is -3.22. The third-order valence-corrected chi connectivity index (χ3v) is 5.37. The molecule has 1 aromatic carbocycles. The minimum Gasteiger partial charge on any atom is -0.508 e. The molecule has 2 heterocycles. The Bertz CT molecular complexity index is 771. The van der Waals surface area contributed by atoms with Crippen LogP contribution in [0.1, 0.15) is 10.4 Å². The highest BCUT2D eigenvalue weighted by Crippen LogP contribution is 2.36. The van der Waals surface area contributed by atoms with Gasteiger partial charge >= 0.3 is 5.97 Å². The Labute approximate surface area is 181 Å². The summed E-state index contributed by atoms with van der Waals surface area (Å²) >= 11 is 0. The van der Waals surface area contributed by atoms with Gasteiger partial charge in [0.1, 0.15) is 61.7 Å². The molecule has 0 saturated carbocycles. The normalized spacial score (nSPS) is 39.7. The lowest BCUT2D eigenvalue weighted by atomic mass is 9.99. The topological polar surface area (TPSA) is 216 Å². The molecule has 0 spiro atoms. The van der Waals surface area contributed by atoms with E-state index in [1.54, 1.807) is 0 Å². The molecule has 2 saturated heterocycles. The van der Waals surface area contributed by atoms with E-state index in [-0.39, 0.29) is 11.3 Å². The maximum absolute atomic E-state index is 12.1. The third-order valence-electron chi connectivity index (χ3n) is 5.37. The fourth-order valence-corrected chi connectivity index (χ4v) is 3.46. The van der Waals surface area contributed by atoms with Crippen LogP contribution < -0.4 is 0 Å². The van der Waals surface area contributed by atoms with Crippen LogP contribution in [0.5, 0.6) is 5.75 Å². The van der Waals surface area contributed by atoms with E-state index < -0.39 is 80.6 Å². The van der Waals surface area contributed by atoms with Crippen molar-refractivity contribution in [3.63, 3.8) is 0 Å². The van der Waals surface area contributed by atoms with Crippen LogP contribution in [0.4, 0.5) is 0 Å². The Hall–Kier alpha value is -1.91. The van der Waals surface area contributed by atoms with Gasteiger partial charge in [0, 0.05) is 0 Å². The first kappa shape index (κ1) is 24.7. The molecule has 0 amide bonds. The molecule has 0 unspecified atom stereocenters. The third kappa shape index (κ3) is 4.72. The summed E-state index contributed by atoms with van der Waals surface area (Å²) < 4.78 is 21.0. The molecule has 32 heavy (non-hydrogen) atoms. The molecule has 1 aromatic rings. The Morgan fingerprint density at radius 3 is 2.19 bits per heavy atom. The number of esters is 1. The number of aliphatic hydroxyl groups is 7. The molecule has 13 heteroatoms. The molecule has 0 radical (unpaired) electrons. The Balaban J connectivity index is 1.68. The SMILES string of the molecule is O=C(OC[C@H]1O[C@@](CO)(O[C@H]2O[C@H](CO)[C@@H](O)[C@H](O)[C@H]2O)[C@@H](O)[C@@H]1O)c1ccc(O)cc1. The van der Waals surface area contributed by atoms with E-state index in [9.17, 15) is 45.6 Å². The summed E-state index contributed by atoms with van der Waals surface area (Å²) in [6.07, 6.45) is -13.3. The fourth-order valence-electron chi connectivity index (χ4n) is 3.46. The van der Waals surface area contributed by atoms with Gasteiger partial charge in [0.2, 0.25) is 5.79 Å². The molecule has 9 atom stereocenters. The second-order valence-corrected chi connectivity index (χ2v) is 7.52. The number of phenols is 1. The molecular formula is C19H26O13. The van der Waals surface area contributed by atoms with Gasteiger partial charge in [-0.2, -0.15) is 0 Å². The first-order valence-electron chi connectivity index (χ1n) is 9.73. The number of phenolic OH excluding ortho intramolecular Hbond substituents is 1. The van der Waals surface area contributed by atoms with Crippen LogP contribution in [0.15, 0.2) is 24.3 Å². The predicted molar refractivity (Wildman–Crippen MR) is 99.9 cm³/mol. The number of hydrogen-bond acceptors (Lipinski definition) is 13. The average Bonchev–Trinajstić information content (AvgIpc) is 3.03. The minimum absolute atomic E-state index is 0.0581. The standard InChI is InChI=1S/C19H26O13/c20-5-10-12(23)14(25)15(26)18(30-10)32-19(7-21)16(27)13(24)11(31-19)6-29-17(28)8-1-3-9(22)4-2-8/h1-4,10-16,18,20-27H,5-7H2/t10-,11-,12-,13-,14+,15-,16+,18-,19+/m1/s1. The van der Waals surface area contributed by atoms with Crippen molar-refractivity contribution < 1.29 is 64.6 Å². The number of ether oxygens (including phenoxy) is 4. The van der Waals surface area contributed by atoms with Crippen LogP contribution in [-0.2, 0) is 18.9 Å². The molecule has 2 fully saturated rings. The van der Waals surface area contributed by atoms with E-state index in [0.717, 1.165) is 0 Å². The molecular weight excluding hydrogens is 436 g/mol. The molecule has 2 aliphatic rings. The van der Waals surface area contributed by atoms with E-state index in [1.165, 1.54) is 24.3 Å². The average molecular weight is 462 g/mol. The maximum Gasteiger partial charge on any atom is 0.338 e. The Morgan fingerprint density at radius 1 is 0.938 bits per heavy atom.